The highest BCUT2D eigenvalue weighted by molar-refractivity contribution is 7.99. The second-order valence-electron chi connectivity index (χ2n) is 4.63. The zero-order valence-electron chi connectivity index (χ0n) is 10.6. The molecule has 5 nitrogen and oxygen atoms in total. The second kappa shape index (κ2) is 5.73. The smallest absolute Gasteiger partial charge is 0.318 e. The Labute approximate surface area is 106 Å². The molecule has 0 saturated carbocycles. The Bertz CT molecular complexity index is 355. The van der Waals surface area contributed by atoms with Crippen LogP contribution in [-0.4, -0.2) is 40.3 Å². The average Bonchev–Trinajstić information content (AvgIpc) is 2.75. The summed E-state index contributed by atoms with van der Waals surface area (Å²) in [6.07, 6.45) is 0. The summed E-state index contributed by atoms with van der Waals surface area (Å²) in [7, 11) is 0. The van der Waals surface area contributed by atoms with Crippen molar-refractivity contribution < 1.29 is 4.42 Å². The van der Waals surface area contributed by atoms with Crippen LogP contribution in [0.5, 0.6) is 0 Å². The van der Waals surface area contributed by atoms with Crippen LogP contribution < -0.4 is 10.2 Å². The van der Waals surface area contributed by atoms with Crippen molar-refractivity contribution in [1.29, 1.82) is 0 Å². The maximum Gasteiger partial charge on any atom is 0.318 e. The third-order valence-corrected chi connectivity index (χ3v) is 3.92. The fraction of sp³-hybridized carbons (Fsp3) is 0.818. The molecule has 1 saturated heterocycles. The molecule has 0 spiro atoms. The molecular formula is C11H20N4OS. The van der Waals surface area contributed by atoms with Crippen molar-refractivity contribution in [2.45, 2.75) is 39.4 Å². The quantitative estimate of drug-likeness (QED) is 0.881. The highest BCUT2D eigenvalue weighted by Crippen LogP contribution is 2.22. The third-order valence-electron chi connectivity index (χ3n) is 2.73. The van der Waals surface area contributed by atoms with Crippen LogP contribution in [0.4, 0.5) is 6.01 Å². The molecule has 0 aromatic carbocycles. The normalized spacial score (nSPS) is 21.2. The van der Waals surface area contributed by atoms with Crippen molar-refractivity contribution in [3.05, 3.63) is 5.89 Å². The van der Waals surface area contributed by atoms with Crippen molar-refractivity contribution in [2.24, 2.45) is 0 Å². The summed E-state index contributed by atoms with van der Waals surface area (Å²) in [5.74, 6) is 2.92. The highest BCUT2D eigenvalue weighted by atomic mass is 32.2. The Morgan fingerprint density at radius 1 is 1.53 bits per heavy atom. The fourth-order valence-corrected chi connectivity index (χ4v) is 2.75. The van der Waals surface area contributed by atoms with E-state index in [0.717, 1.165) is 18.1 Å². The number of hydrogen-bond acceptors (Lipinski definition) is 6. The Hall–Kier alpha value is -0.750. The first kappa shape index (κ1) is 12.7. The van der Waals surface area contributed by atoms with Crippen molar-refractivity contribution >= 4 is 17.8 Å². The van der Waals surface area contributed by atoms with E-state index >= 15 is 0 Å². The van der Waals surface area contributed by atoms with Crippen LogP contribution in [0.1, 0.15) is 26.7 Å². The first-order valence-electron chi connectivity index (χ1n) is 6.07. The number of anilines is 1. The molecule has 1 fully saturated rings. The van der Waals surface area contributed by atoms with E-state index in [0.29, 0.717) is 30.5 Å². The molecule has 1 N–H and O–H groups in total. The van der Waals surface area contributed by atoms with Crippen molar-refractivity contribution in [3.8, 4) is 0 Å². The molecule has 2 rings (SSSR count). The molecule has 96 valence electrons. The number of nitrogens with one attached hydrogen (secondary N) is 1. The van der Waals surface area contributed by atoms with Gasteiger partial charge in [-0.2, -0.15) is 11.8 Å². The van der Waals surface area contributed by atoms with Gasteiger partial charge in [-0.05, 0) is 6.92 Å². The SMILES string of the molecule is CC(C)NCc1nnc(N2CCSCC2C)o1. The summed E-state index contributed by atoms with van der Waals surface area (Å²) in [5.41, 5.74) is 0. The summed E-state index contributed by atoms with van der Waals surface area (Å²) >= 11 is 1.98. The van der Waals surface area contributed by atoms with Crippen molar-refractivity contribution in [3.63, 3.8) is 0 Å². The van der Waals surface area contributed by atoms with Crippen LogP contribution in [-0.2, 0) is 6.54 Å². The molecule has 6 heteroatoms. The molecule has 1 unspecified atom stereocenters. The Balaban J connectivity index is 1.97. The van der Waals surface area contributed by atoms with Gasteiger partial charge in [-0.15, -0.1) is 5.10 Å². The van der Waals surface area contributed by atoms with Crippen molar-refractivity contribution in [2.75, 3.05) is 23.0 Å². The number of thioether (sulfide) groups is 1. The monoisotopic (exact) mass is 256 g/mol. The van der Waals surface area contributed by atoms with E-state index in [1.54, 1.807) is 0 Å². The second-order valence-corrected chi connectivity index (χ2v) is 5.78. The summed E-state index contributed by atoms with van der Waals surface area (Å²) < 4.78 is 5.68. The largest absolute Gasteiger partial charge is 0.407 e. The predicted octanol–water partition coefficient (Wildman–Crippen LogP) is 1.51. The Morgan fingerprint density at radius 3 is 3.06 bits per heavy atom. The number of nitrogens with zero attached hydrogens (tertiary/aromatic N) is 3. The van der Waals surface area contributed by atoms with Gasteiger partial charge in [0.2, 0.25) is 5.89 Å². The Kier molecular flexibility index (Phi) is 4.28. The van der Waals surface area contributed by atoms with E-state index < -0.39 is 0 Å². The minimum Gasteiger partial charge on any atom is -0.407 e. The molecule has 1 aliphatic heterocycles. The van der Waals surface area contributed by atoms with E-state index in [9.17, 15) is 0 Å². The molecule has 2 heterocycles. The van der Waals surface area contributed by atoms with Crippen LogP contribution in [0.15, 0.2) is 4.42 Å². The van der Waals surface area contributed by atoms with Crippen LogP contribution in [0, 0.1) is 0 Å². The van der Waals surface area contributed by atoms with Gasteiger partial charge in [0.05, 0.1) is 6.54 Å². The molecule has 1 atom stereocenters. The summed E-state index contributed by atoms with van der Waals surface area (Å²) in [6.45, 7) is 8.03. The lowest BCUT2D eigenvalue weighted by atomic mass is 10.3. The van der Waals surface area contributed by atoms with Crippen LogP contribution in [0.25, 0.3) is 0 Å². The first-order chi connectivity index (χ1) is 8.16. The minimum absolute atomic E-state index is 0.427. The molecule has 0 aliphatic carbocycles. The molecule has 17 heavy (non-hydrogen) atoms. The molecule has 0 amide bonds. The lowest BCUT2D eigenvalue weighted by Gasteiger charge is -2.31. The molecule has 1 aromatic heterocycles. The summed E-state index contributed by atoms with van der Waals surface area (Å²) in [4.78, 5) is 2.20. The third kappa shape index (κ3) is 3.35. The van der Waals surface area contributed by atoms with Gasteiger partial charge in [0, 0.05) is 30.1 Å². The lowest BCUT2D eigenvalue weighted by molar-refractivity contribution is 0.441. The lowest BCUT2D eigenvalue weighted by Crippen LogP contribution is -2.40. The fourth-order valence-electron chi connectivity index (χ4n) is 1.74. The van der Waals surface area contributed by atoms with E-state index in [-0.39, 0.29) is 0 Å². The van der Waals surface area contributed by atoms with E-state index in [1.807, 2.05) is 11.8 Å². The van der Waals surface area contributed by atoms with Gasteiger partial charge in [0.15, 0.2) is 0 Å². The van der Waals surface area contributed by atoms with Gasteiger partial charge in [-0.25, -0.2) is 0 Å². The zero-order chi connectivity index (χ0) is 12.3. The van der Waals surface area contributed by atoms with Gasteiger partial charge in [-0.3, -0.25) is 0 Å². The maximum atomic E-state index is 5.68. The van der Waals surface area contributed by atoms with Gasteiger partial charge in [0.1, 0.15) is 0 Å². The first-order valence-corrected chi connectivity index (χ1v) is 7.22. The standard InChI is InChI=1S/C11H20N4OS/c1-8(2)12-6-10-13-14-11(16-10)15-4-5-17-7-9(15)3/h8-9,12H,4-7H2,1-3H3. The highest BCUT2D eigenvalue weighted by Gasteiger charge is 2.23. The Morgan fingerprint density at radius 2 is 2.35 bits per heavy atom. The van der Waals surface area contributed by atoms with Gasteiger partial charge >= 0.3 is 6.01 Å². The summed E-state index contributed by atoms with van der Waals surface area (Å²) in [6, 6.07) is 1.56. The molecule has 1 aliphatic rings. The van der Waals surface area contributed by atoms with Crippen molar-refractivity contribution in [1.82, 2.24) is 15.5 Å². The van der Waals surface area contributed by atoms with E-state index in [4.69, 9.17) is 4.42 Å². The topological polar surface area (TPSA) is 54.2 Å². The van der Waals surface area contributed by atoms with Gasteiger partial charge in [-0.1, -0.05) is 18.9 Å². The average molecular weight is 256 g/mol. The van der Waals surface area contributed by atoms with Crippen LogP contribution in [0.2, 0.25) is 0 Å². The number of rotatable bonds is 4. The number of aromatic nitrogens is 2. The zero-order valence-corrected chi connectivity index (χ0v) is 11.5. The van der Waals surface area contributed by atoms with Gasteiger partial charge < -0.3 is 14.6 Å². The van der Waals surface area contributed by atoms with Gasteiger partial charge in [0.25, 0.3) is 0 Å². The molecule has 1 aromatic rings. The maximum absolute atomic E-state index is 5.68. The summed E-state index contributed by atoms with van der Waals surface area (Å²) in [5, 5.41) is 11.5. The minimum atomic E-state index is 0.427. The van der Waals surface area contributed by atoms with Crippen LogP contribution >= 0.6 is 11.8 Å². The molecular weight excluding hydrogens is 236 g/mol. The predicted molar refractivity (Wildman–Crippen MR) is 70.4 cm³/mol. The molecule has 0 radical (unpaired) electrons. The number of hydrogen-bond donors (Lipinski definition) is 1. The molecule has 0 bridgehead atoms. The van der Waals surface area contributed by atoms with E-state index in [1.165, 1.54) is 0 Å². The van der Waals surface area contributed by atoms with Crippen LogP contribution in [0.3, 0.4) is 0 Å². The van der Waals surface area contributed by atoms with E-state index in [2.05, 4.69) is 41.2 Å².